The van der Waals surface area contributed by atoms with Crippen molar-refractivity contribution in [3.05, 3.63) is 60.3 Å². The largest absolute Gasteiger partial charge is 0.497 e. The Bertz CT molecular complexity index is 869. The van der Waals surface area contributed by atoms with E-state index in [0.717, 1.165) is 22.2 Å². The van der Waals surface area contributed by atoms with Crippen LogP contribution in [0, 0.1) is 0 Å². The van der Waals surface area contributed by atoms with Crippen LogP contribution in [-0.4, -0.2) is 23.9 Å². The average molecular weight is 323 g/mol. The van der Waals surface area contributed by atoms with E-state index in [9.17, 15) is 9.59 Å². The lowest BCUT2D eigenvalue weighted by atomic mass is 10.2. The number of aromatic amines is 1. The van der Waals surface area contributed by atoms with E-state index in [0.29, 0.717) is 5.69 Å². The number of hydrogen-bond acceptors (Lipinski definition) is 3. The van der Waals surface area contributed by atoms with Gasteiger partial charge in [-0.2, -0.15) is 0 Å². The number of aromatic nitrogens is 1. The molecule has 0 saturated heterocycles. The summed E-state index contributed by atoms with van der Waals surface area (Å²) in [5.41, 5.74) is 2.37. The van der Waals surface area contributed by atoms with E-state index < -0.39 is 11.8 Å². The Morgan fingerprint density at radius 2 is 1.83 bits per heavy atom. The molecule has 0 radical (unpaired) electrons. The van der Waals surface area contributed by atoms with Crippen LogP contribution in [0.15, 0.2) is 54.7 Å². The molecule has 2 aromatic carbocycles. The van der Waals surface area contributed by atoms with Crippen LogP contribution in [0.1, 0.15) is 5.56 Å². The lowest BCUT2D eigenvalue weighted by Gasteiger charge is -2.08. The third kappa shape index (κ3) is 3.38. The third-order valence-electron chi connectivity index (χ3n) is 3.66. The molecule has 0 fully saturated rings. The van der Waals surface area contributed by atoms with Gasteiger partial charge in [0.25, 0.3) is 0 Å². The Hall–Kier alpha value is -3.28. The summed E-state index contributed by atoms with van der Waals surface area (Å²) in [4.78, 5) is 27.1. The van der Waals surface area contributed by atoms with Gasteiger partial charge in [0.1, 0.15) is 5.75 Å². The SMILES string of the molecule is COc1ccc(CNC(=O)C(=O)Nc2cccc3[nH]ccc23)cc1. The molecule has 0 aliphatic carbocycles. The van der Waals surface area contributed by atoms with Gasteiger partial charge in [-0.25, -0.2) is 0 Å². The number of rotatable bonds is 4. The number of anilines is 1. The molecular weight excluding hydrogens is 306 g/mol. The van der Waals surface area contributed by atoms with Crippen LogP contribution in [0.2, 0.25) is 0 Å². The molecule has 0 aliphatic heterocycles. The highest BCUT2D eigenvalue weighted by Crippen LogP contribution is 2.21. The molecule has 0 atom stereocenters. The quantitative estimate of drug-likeness (QED) is 0.645. The molecule has 24 heavy (non-hydrogen) atoms. The molecule has 0 bridgehead atoms. The van der Waals surface area contributed by atoms with Crippen LogP contribution in [0.25, 0.3) is 10.9 Å². The second kappa shape index (κ2) is 6.87. The molecule has 6 heteroatoms. The summed E-state index contributed by atoms with van der Waals surface area (Å²) in [6.45, 7) is 0.268. The first-order chi connectivity index (χ1) is 11.7. The van der Waals surface area contributed by atoms with E-state index in [1.54, 1.807) is 31.5 Å². The molecule has 122 valence electrons. The Labute approximate surface area is 138 Å². The van der Waals surface area contributed by atoms with Crippen molar-refractivity contribution in [3.63, 3.8) is 0 Å². The monoisotopic (exact) mass is 323 g/mol. The molecule has 2 amide bonds. The van der Waals surface area contributed by atoms with Gasteiger partial charge in [0, 0.05) is 23.6 Å². The normalized spacial score (nSPS) is 10.4. The number of carbonyl (C=O) groups excluding carboxylic acids is 2. The standard InChI is InChI=1S/C18H17N3O3/c1-24-13-7-5-12(6-8-13)11-20-17(22)18(23)21-16-4-2-3-15-14(16)9-10-19-15/h2-10,19H,11H2,1H3,(H,20,22)(H,21,23). The van der Waals surface area contributed by atoms with Gasteiger partial charge >= 0.3 is 11.8 Å². The van der Waals surface area contributed by atoms with Crippen LogP contribution >= 0.6 is 0 Å². The smallest absolute Gasteiger partial charge is 0.313 e. The van der Waals surface area contributed by atoms with Crippen molar-refractivity contribution in [2.24, 2.45) is 0 Å². The Morgan fingerprint density at radius 3 is 2.58 bits per heavy atom. The zero-order chi connectivity index (χ0) is 16.9. The van der Waals surface area contributed by atoms with Gasteiger partial charge in [-0.1, -0.05) is 18.2 Å². The average Bonchev–Trinajstić information content (AvgIpc) is 3.10. The number of ether oxygens (including phenoxy) is 1. The first kappa shape index (κ1) is 15.6. The van der Waals surface area contributed by atoms with E-state index in [2.05, 4.69) is 15.6 Å². The van der Waals surface area contributed by atoms with E-state index in [-0.39, 0.29) is 6.54 Å². The van der Waals surface area contributed by atoms with Crippen molar-refractivity contribution >= 4 is 28.4 Å². The van der Waals surface area contributed by atoms with Crippen molar-refractivity contribution in [1.82, 2.24) is 10.3 Å². The van der Waals surface area contributed by atoms with Crippen molar-refractivity contribution in [2.45, 2.75) is 6.54 Å². The molecule has 0 unspecified atom stereocenters. The number of hydrogen-bond donors (Lipinski definition) is 3. The molecule has 0 spiro atoms. The van der Waals surface area contributed by atoms with Crippen molar-refractivity contribution in [1.29, 1.82) is 0 Å². The van der Waals surface area contributed by atoms with Gasteiger partial charge in [0.2, 0.25) is 0 Å². The molecular formula is C18H17N3O3. The van der Waals surface area contributed by atoms with Crippen LogP contribution in [0.4, 0.5) is 5.69 Å². The summed E-state index contributed by atoms with van der Waals surface area (Å²) >= 11 is 0. The zero-order valence-corrected chi connectivity index (χ0v) is 13.1. The third-order valence-corrected chi connectivity index (χ3v) is 3.66. The fraction of sp³-hybridized carbons (Fsp3) is 0.111. The Morgan fingerprint density at radius 1 is 1.04 bits per heavy atom. The number of methoxy groups -OCH3 is 1. The molecule has 0 saturated carbocycles. The summed E-state index contributed by atoms with van der Waals surface area (Å²) in [6.07, 6.45) is 1.78. The van der Waals surface area contributed by atoms with Gasteiger partial charge < -0.3 is 20.4 Å². The fourth-order valence-electron chi connectivity index (χ4n) is 2.38. The van der Waals surface area contributed by atoms with Crippen molar-refractivity contribution in [3.8, 4) is 5.75 Å². The second-order valence-corrected chi connectivity index (χ2v) is 5.23. The van der Waals surface area contributed by atoms with Crippen LogP contribution in [0.3, 0.4) is 0 Å². The van der Waals surface area contributed by atoms with Gasteiger partial charge in [-0.3, -0.25) is 9.59 Å². The van der Waals surface area contributed by atoms with E-state index in [4.69, 9.17) is 4.74 Å². The fourth-order valence-corrected chi connectivity index (χ4v) is 2.38. The number of fused-ring (bicyclic) bond motifs is 1. The lowest BCUT2D eigenvalue weighted by Crippen LogP contribution is -2.34. The van der Waals surface area contributed by atoms with Gasteiger partial charge in [0.15, 0.2) is 0 Å². The van der Waals surface area contributed by atoms with E-state index in [1.807, 2.05) is 30.3 Å². The summed E-state index contributed by atoms with van der Waals surface area (Å²) in [5, 5.41) is 6.09. The molecule has 1 heterocycles. The van der Waals surface area contributed by atoms with Crippen LogP contribution < -0.4 is 15.4 Å². The first-order valence-corrected chi connectivity index (χ1v) is 7.45. The van der Waals surface area contributed by atoms with Crippen LogP contribution in [0.5, 0.6) is 5.75 Å². The number of benzene rings is 2. The van der Waals surface area contributed by atoms with Crippen molar-refractivity contribution in [2.75, 3.05) is 12.4 Å². The van der Waals surface area contributed by atoms with Crippen LogP contribution in [-0.2, 0) is 16.1 Å². The minimum absolute atomic E-state index is 0.268. The highest BCUT2D eigenvalue weighted by atomic mass is 16.5. The topological polar surface area (TPSA) is 83.2 Å². The Kier molecular flexibility index (Phi) is 4.47. The molecule has 1 aromatic heterocycles. The van der Waals surface area contributed by atoms with Crippen molar-refractivity contribution < 1.29 is 14.3 Å². The predicted octanol–water partition coefficient (Wildman–Crippen LogP) is 2.43. The number of carbonyl (C=O) groups is 2. The number of H-pyrrole nitrogens is 1. The maximum Gasteiger partial charge on any atom is 0.313 e. The van der Waals surface area contributed by atoms with Gasteiger partial charge in [-0.05, 0) is 35.9 Å². The Balaban J connectivity index is 1.60. The van der Waals surface area contributed by atoms with Gasteiger partial charge in [0.05, 0.1) is 12.8 Å². The predicted molar refractivity (Wildman–Crippen MR) is 91.8 cm³/mol. The lowest BCUT2D eigenvalue weighted by molar-refractivity contribution is -0.136. The maximum absolute atomic E-state index is 12.0. The molecule has 3 aromatic rings. The minimum atomic E-state index is -0.697. The number of nitrogens with one attached hydrogen (secondary N) is 3. The summed E-state index contributed by atoms with van der Waals surface area (Å²) in [7, 11) is 1.59. The maximum atomic E-state index is 12.0. The summed E-state index contributed by atoms with van der Waals surface area (Å²) in [6, 6.07) is 14.6. The first-order valence-electron chi connectivity index (χ1n) is 7.45. The minimum Gasteiger partial charge on any atom is -0.497 e. The van der Waals surface area contributed by atoms with Gasteiger partial charge in [-0.15, -0.1) is 0 Å². The zero-order valence-electron chi connectivity index (χ0n) is 13.1. The molecule has 3 N–H and O–H groups in total. The highest BCUT2D eigenvalue weighted by molar-refractivity contribution is 6.40. The molecule has 3 rings (SSSR count). The number of amides is 2. The van der Waals surface area contributed by atoms with E-state index in [1.165, 1.54) is 0 Å². The molecule has 0 aliphatic rings. The summed E-state index contributed by atoms with van der Waals surface area (Å²) in [5.74, 6) is -0.641. The molecule has 6 nitrogen and oxygen atoms in total. The second-order valence-electron chi connectivity index (χ2n) is 5.23. The highest BCUT2D eigenvalue weighted by Gasteiger charge is 2.14. The summed E-state index contributed by atoms with van der Waals surface area (Å²) < 4.78 is 5.07. The van der Waals surface area contributed by atoms with E-state index >= 15 is 0 Å².